The number of benzene rings is 1. The molecule has 84 valence electrons. The molecule has 1 aromatic carbocycles. The zero-order valence-corrected chi connectivity index (χ0v) is 9.70. The molecule has 1 aromatic heterocycles. The zero-order chi connectivity index (χ0) is 11.9. The van der Waals surface area contributed by atoms with E-state index in [0.29, 0.717) is 5.56 Å². The first kappa shape index (κ1) is 10.9. The second-order valence-electron chi connectivity index (χ2n) is 4.68. The number of carbonyl (C=O) groups is 1. The average Bonchev–Trinajstić information content (AvgIpc) is 2.58. The van der Waals surface area contributed by atoms with Crippen LogP contribution >= 0.6 is 0 Å². The Morgan fingerprint density at radius 3 is 2.69 bits per heavy atom. The highest BCUT2D eigenvalue weighted by Crippen LogP contribution is 2.23. The van der Waals surface area contributed by atoms with Gasteiger partial charge in [0.05, 0.1) is 11.8 Å². The van der Waals surface area contributed by atoms with E-state index in [-0.39, 0.29) is 5.78 Å². The van der Waals surface area contributed by atoms with Gasteiger partial charge in [-0.1, -0.05) is 0 Å². The van der Waals surface area contributed by atoms with Crippen molar-refractivity contribution in [3.8, 4) is 0 Å². The molecule has 1 heterocycles. The van der Waals surface area contributed by atoms with Crippen LogP contribution in [0.4, 0.5) is 0 Å². The smallest absolute Gasteiger partial charge is 0.182 e. The van der Waals surface area contributed by atoms with E-state index in [9.17, 15) is 4.79 Å². The highest BCUT2D eigenvalue weighted by Gasteiger charge is 2.23. The molecule has 0 spiro atoms. The summed E-state index contributed by atoms with van der Waals surface area (Å²) in [5.74, 6) is -0.0602. The van der Waals surface area contributed by atoms with Crippen molar-refractivity contribution in [3.05, 3.63) is 35.6 Å². The molecule has 3 heteroatoms. The van der Waals surface area contributed by atoms with E-state index < -0.39 is 5.54 Å². The Kier molecular flexibility index (Phi) is 2.35. The van der Waals surface area contributed by atoms with Crippen LogP contribution in [-0.2, 0) is 0 Å². The number of nitrogens with two attached hydrogens (primary N) is 1. The van der Waals surface area contributed by atoms with Crippen molar-refractivity contribution in [1.82, 2.24) is 0 Å². The standard InChI is InChI=1S/C13H15NO2/c1-8-7-16-11-5-4-9(6-10(8)11)12(15)13(2,3)14/h4-7H,14H2,1-3H3. The van der Waals surface area contributed by atoms with E-state index >= 15 is 0 Å². The van der Waals surface area contributed by atoms with Crippen molar-refractivity contribution in [3.63, 3.8) is 0 Å². The van der Waals surface area contributed by atoms with Crippen LogP contribution < -0.4 is 5.73 Å². The van der Waals surface area contributed by atoms with Gasteiger partial charge in [-0.15, -0.1) is 0 Å². The predicted molar refractivity (Wildman–Crippen MR) is 63.5 cm³/mol. The maximum absolute atomic E-state index is 12.0. The number of carbonyl (C=O) groups excluding carboxylic acids is 1. The molecule has 0 fully saturated rings. The van der Waals surface area contributed by atoms with Crippen LogP contribution in [0.3, 0.4) is 0 Å². The van der Waals surface area contributed by atoms with Crippen molar-refractivity contribution in [2.24, 2.45) is 5.73 Å². The Morgan fingerprint density at radius 1 is 1.38 bits per heavy atom. The van der Waals surface area contributed by atoms with Crippen molar-refractivity contribution in [1.29, 1.82) is 0 Å². The van der Waals surface area contributed by atoms with Gasteiger partial charge >= 0.3 is 0 Å². The fraction of sp³-hybridized carbons (Fsp3) is 0.308. The van der Waals surface area contributed by atoms with Gasteiger partial charge in [0.2, 0.25) is 0 Å². The Balaban J connectivity index is 2.55. The maximum Gasteiger partial charge on any atom is 0.182 e. The number of rotatable bonds is 2. The summed E-state index contributed by atoms with van der Waals surface area (Å²) in [6, 6.07) is 5.40. The van der Waals surface area contributed by atoms with Gasteiger partial charge in [0.1, 0.15) is 5.58 Å². The Labute approximate surface area is 94.2 Å². The third kappa shape index (κ3) is 1.74. The highest BCUT2D eigenvalue weighted by molar-refractivity contribution is 6.04. The molecule has 0 aliphatic carbocycles. The maximum atomic E-state index is 12.0. The van der Waals surface area contributed by atoms with Gasteiger partial charge < -0.3 is 10.2 Å². The van der Waals surface area contributed by atoms with E-state index in [2.05, 4.69) is 0 Å². The van der Waals surface area contributed by atoms with Crippen LogP contribution in [0.2, 0.25) is 0 Å². The molecule has 0 amide bonds. The molecule has 2 N–H and O–H groups in total. The summed E-state index contributed by atoms with van der Waals surface area (Å²) in [6.07, 6.45) is 1.69. The summed E-state index contributed by atoms with van der Waals surface area (Å²) in [7, 11) is 0. The van der Waals surface area contributed by atoms with Gasteiger partial charge in [0.15, 0.2) is 5.78 Å². The lowest BCUT2D eigenvalue weighted by Crippen LogP contribution is -2.41. The summed E-state index contributed by atoms with van der Waals surface area (Å²) in [4.78, 5) is 12.0. The number of furan rings is 1. The molecule has 0 aliphatic heterocycles. The van der Waals surface area contributed by atoms with Crippen molar-refractivity contribution >= 4 is 16.8 Å². The van der Waals surface area contributed by atoms with Crippen molar-refractivity contribution < 1.29 is 9.21 Å². The molecule has 2 rings (SSSR count). The van der Waals surface area contributed by atoms with Crippen molar-refractivity contribution in [2.45, 2.75) is 26.3 Å². The largest absolute Gasteiger partial charge is 0.464 e. The number of hydrogen-bond acceptors (Lipinski definition) is 3. The van der Waals surface area contributed by atoms with Gasteiger partial charge in [-0.3, -0.25) is 4.79 Å². The Hall–Kier alpha value is -1.61. The first-order chi connectivity index (χ1) is 7.39. The molecule has 3 nitrogen and oxygen atoms in total. The van der Waals surface area contributed by atoms with E-state index in [1.54, 1.807) is 32.2 Å². The SMILES string of the molecule is Cc1coc2ccc(C(=O)C(C)(C)N)cc12. The molecule has 0 atom stereocenters. The molecule has 0 radical (unpaired) electrons. The van der Waals surface area contributed by atoms with Crippen LogP contribution in [0.1, 0.15) is 29.8 Å². The second-order valence-corrected chi connectivity index (χ2v) is 4.68. The predicted octanol–water partition coefficient (Wildman–Crippen LogP) is 2.66. The molecular formula is C13H15NO2. The van der Waals surface area contributed by atoms with Crippen LogP contribution in [0.15, 0.2) is 28.9 Å². The Bertz CT molecular complexity index is 547. The van der Waals surface area contributed by atoms with E-state index in [0.717, 1.165) is 16.5 Å². The fourth-order valence-corrected chi connectivity index (χ4v) is 1.67. The fourth-order valence-electron chi connectivity index (χ4n) is 1.67. The third-order valence-electron chi connectivity index (χ3n) is 2.61. The minimum Gasteiger partial charge on any atom is -0.464 e. The number of fused-ring (bicyclic) bond motifs is 1. The number of Topliss-reactive ketones (excluding diaryl/α,β-unsaturated/α-hetero) is 1. The normalized spacial score (nSPS) is 12.0. The molecule has 16 heavy (non-hydrogen) atoms. The van der Waals surface area contributed by atoms with Gasteiger partial charge in [-0.25, -0.2) is 0 Å². The quantitative estimate of drug-likeness (QED) is 0.787. The van der Waals surface area contributed by atoms with Crippen LogP contribution in [0, 0.1) is 6.92 Å². The van der Waals surface area contributed by atoms with E-state index in [1.807, 2.05) is 13.0 Å². The lowest BCUT2D eigenvalue weighted by Gasteiger charge is -2.16. The molecule has 0 saturated heterocycles. The van der Waals surface area contributed by atoms with Gasteiger partial charge in [-0.2, -0.15) is 0 Å². The minimum absolute atomic E-state index is 0.0602. The number of aryl methyl sites for hydroxylation is 1. The molecule has 0 unspecified atom stereocenters. The molecule has 0 bridgehead atoms. The Morgan fingerprint density at radius 2 is 2.06 bits per heavy atom. The van der Waals surface area contributed by atoms with Crippen LogP contribution in [0.5, 0.6) is 0 Å². The molecule has 0 saturated carbocycles. The van der Waals surface area contributed by atoms with Gasteiger partial charge in [0, 0.05) is 10.9 Å². The van der Waals surface area contributed by atoms with E-state index in [4.69, 9.17) is 10.2 Å². The monoisotopic (exact) mass is 217 g/mol. The summed E-state index contributed by atoms with van der Waals surface area (Å²) in [5, 5.41) is 0.968. The zero-order valence-electron chi connectivity index (χ0n) is 9.70. The van der Waals surface area contributed by atoms with E-state index in [1.165, 1.54) is 0 Å². The topological polar surface area (TPSA) is 56.2 Å². The average molecular weight is 217 g/mol. The molecular weight excluding hydrogens is 202 g/mol. The summed E-state index contributed by atoms with van der Waals surface area (Å²) in [5.41, 5.74) is 7.41. The first-order valence-corrected chi connectivity index (χ1v) is 5.21. The number of ketones is 1. The molecule has 2 aromatic rings. The number of hydrogen-bond donors (Lipinski definition) is 1. The summed E-state index contributed by atoms with van der Waals surface area (Å²) < 4.78 is 5.33. The van der Waals surface area contributed by atoms with Crippen LogP contribution in [0.25, 0.3) is 11.0 Å². The molecule has 0 aliphatic rings. The van der Waals surface area contributed by atoms with Gasteiger partial charge in [0.25, 0.3) is 0 Å². The third-order valence-corrected chi connectivity index (χ3v) is 2.61. The first-order valence-electron chi connectivity index (χ1n) is 5.21. The summed E-state index contributed by atoms with van der Waals surface area (Å²) in [6.45, 7) is 5.37. The minimum atomic E-state index is -0.842. The highest BCUT2D eigenvalue weighted by atomic mass is 16.3. The van der Waals surface area contributed by atoms with Crippen LogP contribution in [-0.4, -0.2) is 11.3 Å². The van der Waals surface area contributed by atoms with Gasteiger partial charge in [-0.05, 0) is 44.5 Å². The lowest BCUT2D eigenvalue weighted by atomic mass is 9.93. The lowest BCUT2D eigenvalue weighted by molar-refractivity contribution is 0.0913. The second kappa shape index (κ2) is 3.46. The van der Waals surface area contributed by atoms with Crippen molar-refractivity contribution in [2.75, 3.05) is 0 Å². The summed E-state index contributed by atoms with van der Waals surface area (Å²) >= 11 is 0.